The average molecular weight is 329 g/mol. The molecule has 24 heavy (non-hydrogen) atoms. The fourth-order valence-electron chi connectivity index (χ4n) is 2.63. The first-order valence-electron chi connectivity index (χ1n) is 7.69. The lowest BCUT2D eigenvalue weighted by molar-refractivity contribution is -0.130. The van der Waals surface area contributed by atoms with Gasteiger partial charge in [0.05, 0.1) is 18.7 Å². The topological polar surface area (TPSA) is 93.2 Å². The Labute approximate surface area is 141 Å². The highest BCUT2D eigenvalue weighted by molar-refractivity contribution is 5.78. The molecule has 3 amide bonds. The summed E-state index contributed by atoms with van der Waals surface area (Å²) in [6.45, 7) is 2.40. The molecule has 1 unspecified atom stereocenters. The van der Waals surface area contributed by atoms with E-state index in [9.17, 15) is 9.59 Å². The number of primary amides is 1. The minimum absolute atomic E-state index is 0.0825. The molecule has 2 aromatic rings. The first-order valence-corrected chi connectivity index (χ1v) is 7.69. The van der Waals surface area contributed by atoms with Crippen molar-refractivity contribution >= 4 is 11.9 Å². The summed E-state index contributed by atoms with van der Waals surface area (Å²) in [6.07, 6.45) is 3.74. The van der Waals surface area contributed by atoms with Crippen molar-refractivity contribution in [1.82, 2.24) is 20.0 Å². The normalized spacial score (nSPS) is 11.8. The van der Waals surface area contributed by atoms with Crippen LogP contribution in [0, 0.1) is 6.92 Å². The van der Waals surface area contributed by atoms with Gasteiger partial charge in [0.15, 0.2) is 0 Å². The molecule has 0 fully saturated rings. The van der Waals surface area contributed by atoms with E-state index in [1.807, 2.05) is 44.4 Å². The maximum atomic E-state index is 12.5. The molecule has 0 radical (unpaired) electrons. The molecule has 7 nitrogen and oxygen atoms in total. The van der Waals surface area contributed by atoms with E-state index in [1.165, 1.54) is 0 Å². The number of urea groups is 1. The van der Waals surface area contributed by atoms with E-state index >= 15 is 0 Å². The molecule has 1 atom stereocenters. The minimum Gasteiger partial charge on any atom is -0.352 e. The molecule has 1 aromatic carbocycles. The molecule has 0 aliphatic carbocycles. The zero-order chi connectivity index (χ0) is 17.7. The molecule has 2 rings (SSSR count). The average Bonchev–Trinajstić information content (AvgIpc) is 2.91. The van der Waals surface area contributed by atoms with Crippen LogP contribution in [0.5, 0.6) is 0 Å². The molecule has 3 N–H and O–H groups in total. The van der Waals surface area contributed by atoms with Gasteiger partial charge in [0.1, 0.15) is 0 Å². The highest BCUT2D eigenvalue weighted by Crippen LogP contribution is 2.21. The Balaban J connectivity index is 2.09. The molecule has 0 spiro atoms. The Morgan fingerprint density at radius 2 is 2.08 bits per heavy atom. The number of nitrogens with zero attached hydrogens (tertiary/aromatic N) is 3. The third kappa shape index (κ3) is 4.58. The summed E-state index contributed by atoms with van der Waals surface area (Å²) in [5.41, 5.74) is 8.11. The van der Waals surface area contributed by atoms with Crippen LogP contribution in [-0.2, 0) is 18.4 Å². The standard InChI is InChI=1S/C17H23N5O2/c1-12-6-4-5-7-14(12)15(20-17(18)24)8-16(23)21(2)10-13-9-19-22(3)11-13/h4-7,9,11,15H,8,10H2,1-3H3,(H3,18,20,24). The van der Waals surface area contributed by atoms with Crippen LogP contribution in [0.2, 0.25) is 0 Å². The van der Waals surface area contributed by atoms with Crippen LogP contribution < -0.4 is 11.1 Å². The number of amides is 3. The number of nitrogens with two attached hydrogens (primary N) is 1. The van der Waals surface area contributed by atoms with E-state index in [2.05, 4.69) is 10.4 Å². The maximum absolute atomic E-state index is 12.5. The zero-order valence-corrected chi connectivity index (χ0v) is 14.2. The number of carbonyl (C=O) groups is 2. The van der Waals surface area contributed by atoms with Crippen molar-refractivity contribution in [3.05, 3.63) is 53.3 Å². The molecule has 0 bridgehead atoms. The van der Waals surface area contributed by atoms with Gasteiger partial charge in [-0.05, 0) is 18.1 Å². The Hall–Kier alpha value is -2.83. The van der Waals surface area contributed by atoms with E-state index in [4.69, 9.17) is 5.73 Å². The fourth-order valence-corrected chi connectivity index (χ4v) is 2.63. The van der Waals surface area contributed by atoms with E-state index in [-0.39, 0.29) is 12.3 Å². The van der Waals surface area contributed by atoms with Gasteiger partial charge in [-0.3, -0.25) is 9.48 Å². The lowest BCUT2D eigenvalue weighted by Crippen LogP contribution is -2.37. The van der Waals surface area contributed by atoms with E-state index in [0.717, 1.165) is 16.7 Å². The molecule has 7 heteroatoms. The lowest BCUT2D eigenvalue weighted by atomic mass is 9.98. The van der Waals surface area contributed by atoms with Gasteiger partial charge < -0.3 is 16.0 Å². The van der Waals surface area contributed by atoms with Crippen molar-refractivity contribution in [2.45, 2.75) is 25.9 Å². The van der Waals surface area contributed by atoms with Crippen LogP contribution in [0.3, 0.4) is 0 Å². The fraction of sp³-hybridized carbons (Fsp3) is 0.353. The summed E-state index contributed by atoms with van der Waals surface area (Å²) in [7, 11) is 3.56. The summed E-state index contributed by atoms with van der Waals surface area (Å²) in [5, 5.41) is 6.76. The van der Waals surface area contributed by atoms with Crippen molar-refractivity contribution in [3.8, 4) is 0 Å². The monoisotopic (exact) mass is 329 g/mol. The second kappa shape index (κ2) is 7.63. The number of aromatic nitrogens is 2. The number of hydrogen-bond donors (Lipinski definition) is 2. The molecule has 0 aliphatic rings. The van der Waals surface area contributed by atoms with Gasteiger partial charge in [-0.25, -0.2) is 4.79 Å². The third-order valence-corrected chi connectivity index (χ3v) is 3.86. The summed E-state index contributed by atoms with van der Waals surface area (Å²) >= 11 is 0. The number of rotatable bonds is 6. The van der Waals surface area contributed by atoms with Crippen molar-refractivity contribution in [2.24, 2.45) is 12.8 Å². The van der Waals surface area contributed by atoms with E-state index in [0.29, 0.717) is 6.54 Å². The van der Waals surface area contributed by atoms with Gasteiger partial charge in [-0.1, -0.05) is 24.3 Å². The van der Waals surface area contributed by atoms with Crippen LogP contribution in [0.4, 0.5) is 4.79 Å². The van der Waals surface area contributed by atoms with Crippen molar-refractivity contribution < 1.29 is 9.59 Å². The van der Waals surface area contributed by atoms with Crippen LogP contribution in [0.25, 0.3) is 0 Å². The van der Waals surface area contributed by atoms with E-state index in [1.54, 1.807) is 22.8 Å². The van der Waals surface area contributed by atoms with Crippen molar-refractivity contribution in [2.75, 3.05) is 7.05 Å². The Morgan fingerprint density at radius 1 is 1.38 bits per heavy atom. The largest absolute Gasteiger partial charge is 0.352 e. The molecule has 128 valence electrons. The highest BCUT2D eigenvalue weighted by Gasteiger charge is 2.21. The molecular weight excluding hydrogens is 306 g/mol. The summed E-state index contributed by atoms with van der Waals surface area (Å²) < 4.78 is 1.69. The number of hydrogen-bond acceptors (Lipinski definition) is 3. The highest BCUT2D eigenvalue weighted by atomic mass is 16.2. The summed E-state index contributed by atoms with van der Waals surface area (Å²) in [4.78, 5) is 25.5. The Morgan fingerprint density at radius 3 is 2.67 bits per heavy atom. The second-order valence-electron chi connectivity index (χ2n) is 5.89. The van der Waals surface area contributed by atoms with Gasteiger partial charge in [0.2, 0.25) is 5.91 Å². The first-order chi connectivity index (χ1) is 11.4. The number of carbonyl (C=O) groups excluding carboxylic acids is 2. The van der Waals surface area contributed by atoms with Gasteiger partial charge >= 0.3 is 6.03 Å². The maximum Gasteiger partial charge on any atom is 0.312 e. The first kappa shape index (κ1) is 17.5. The van der Waals surface area contributed by atoms with Crippen LogP contribution >= 0.6 is 0 Å². The summed E-state index contributed by atoms with van der Waals surface area (Å²) in [6, 6.07) is 6.52. The van der Waals surface area contributed by atoms with Crippen LogP contribution in [0.1, 0.15) is 29.2 Å². The molecule has 1 heterocycles. The third-order valence-electron chi connectivity index (χ3n) is 3.86. The van der Waals surface area contributed by atoms with Crippen molar-refractivity contribution in [1.29, 1.82) is 0 Å². The van der Waals surface area contributed by atoms with Crippen LogP contribution in [0.15, 0.2) is 36.7 Å². The smallest absolute Gasteiger partial charge is 0.312 e. The SMILES string of the molecule is Cc1ccccc1C(CC(=O)N(C)Cc1cnn(C)c1)NC(N)=O. The lowest BCUT2D eigenvalue weighted by Gasteiger charge is -2.23. The quantitative estimate of drug-likeness (QED) is 0.841. The molecule has 0 aliphatic heterocycles. The van der Waals surface area contributed by atoms with Gasteiger partial charge in [0, 0.05) is 32.4 Å². The second-order valence-corrected chi connectivity index (χ2v) is 5.89. The predicted molar refractivity (Wildman–Crippen MR) is 90.9 cm³/mol. The van der Waals surface area contributed by atoms with Gasteiger partial charge in [0.25, 0.3) is 0 Å². The molecular formula is C17H23N5O2. The van der Waals surface area contributed by atoms with Crippen molar-refractivity contribution in [3.63, 3.8) is 0 Å². The Bertz CT molecular complexity index is 725. The Kier molecular flexibility index (Phi) is 5.57. The molecule has 0 saturated heterocycles. The molecule has 0 saturated carbocycles. The van der Waals surface area contributed by atoms with Gasteiger partial charge in [-0.15, -0.1) is 0 Å². The minimum atomic E-state index is -0.647. The van der Waals surface area contributed by atoms with E-state index < -0.39 is 12.1 Å². The molecule has 1 aromatic heterocycles. The number of benzene rings is 1. The predicted octanol–water partition coefficient (Wildman–Crippen LogP) is 1.49. The van der Waals surface area contributed by atoms with Gasteiger partial charge in [-0.2, -0.15) is 5.10 Å². The number of aryl methyl sites for hydroxylation is 2. The number of nitrogens with one attached hydrogen (secondary N) is 1. The zero-order valence-electron chi connectivity index (χ0n) is 14.2. The van der Waals surface area contributed by atoms with Crippen LogP contribution in [-0.4, -0.2) is 33.7 Å². The summed E-state index contributed by atoms with van der Waals surface area (Å²) in [5.74, 6) is -0.0825.